The second-order valence-electron chi connectivity index (χ2n) is 4.10. The van der Waals surface area contributed by atoms with E-state index in [1.54, 1.807) is 7.11 Å². The fourth-order valence-electron chi connectivity index (χ4n) is 1.74. The summed E-state index contributed by atoms with van der Waals surface area (Å²) in [5, 5.41) is 8.46. The Hall–Kier alpha value is -1.14. The maximum atomic E-state index is 11.7. The lowest BCUT2D eigenvalue weighted by Gasteiger charge is -2.21. The molecule has 0 aromatic carbocycles. The summed E-state index contributed by atoms with van der Waals surface area (Å²) in [5.74, 6) is -0.228. The van der Waals surface area contributed by atoms with Crippen LogP contribution in [0.4, 0.5) is 0 Å². The number of amides is 2. The molecule has 1 atom stereocenters. The van der Waals surface area contributed by atoms with Crippen LogP contribution in [-0.2, 0) is 14.3 Å². The number of methoxy groups -OCH3 is 1. The van der Waals surface area contributed by atoms with Crippen molar-refractivity contribution >= 4 is 11.8 Å². The summed E-state index contributed by atoms with van der Waals surface area (Å²) in [5.41, 5.74) is 0. The van der Waals surface area contributed by atoms with Crippen molar-refractivity contribution in [2.75, 3.05) is 39.9 Å². The van der Waals surface area contributed by atoms with Crippen molar-refractivity contribution in [3.63, 3.8) is 0 Å². The van der Waals surface area contributed by atoms with E-state index in [4.69, 9.17) is 4.74 Å². The molecule has 1 fully saturated rings. The van der Waals surface area contributed by atoms with Gasteiger partial charge in [-0.25, -0.2) is 0 Å². The lowest BCUT2D eigenvalue weighted by atomic mass is 9.99. The molecule has 6 nitrogen and oxygen atoms in total. The van der Waals surface area contributed by atoms with E-state index in [9.17, 15) is 9.59 Å². The second kappa shape index (κ2) is 8.03. The highest BCUT2D eigenvalue weighted by molar-refractivity contribution is 5.85. The van der Waals surface area contributed by atoms with Crippen LogP contribution in [0.15, 0.2) is 0 Å². The number of ether oxygens (including phenoxy) is 1. The van der Waals surface area contributed by atoms with Gasteiger partial charge in [0.1, 0.15) is 0 Å². The van der Waals surface area contributed by atoms with Gasteiger partial charge in [0.15, 0.2) is 0 Å². The molecule has 1 rings (SSSR count). The zero-order valence-electron chi connectivity index (χ0n) is 10.3. The minimum atomic E-state index is -0.181. The summed E-state index contributed by atoms with van der Waals surface area (Å²) in [6.07, 6.45) is 1.91. The highest BCUT2D eigenvalue weighted by Crippen LogP contribution is 2.09. The van der Waals surface area contributed by atoms with Gasteiger partial charge in [-0.05, 0) is 19.4 Å². The Morgan fingerprint density at radius 3 is 2.88 bits per heavy atom. The Kier molecular flexibility index (Phi) is 6.57. The number of hydrogen-bond donors (Lipinski definition) is 3. The summed E-state index contributed by atoms with van der Waals surface area (Å²) < 4.78 is 4.80. The van der Waals surface area contributed by atoms with Gasteiger partial charge in [0.25, 0.3) is 0 Å². The third kappa shape index (κ3) is 5.65. The molecule has 1 aliphatic rings. The van der Waals surface area contributed by atoms with Gasteiger partial charge in [0, 0.05) is 20.2 Å². The lowest BCUT2D eigenvalue weighted by molar-refractivity contribution is -0.129. The molecule has 1 unspecified atom stereocenters. The Morgan fingerprint density at radius 1 is 1.41 bits per heavy atom. The summed E-state index contributed by atoms with van der Waals surface area (Å²) in [6.45, 7) is 2.67. The van der Waals surface area contributed by atoms with Crippen LogP contribution >= 0.6 is 0 Å². The molecule has 0 radical (unpaired) electrons. The molecular formula is C11H21N3O3. The second-order valence-corrected chi connectivity index (χ2v) is 4.10. The molecule has 0 aliphatic carbocycles. The molecule has 3 N–H and O–H groups in total. The van der Waals surface area contributed by atoms with E-state index in [0.29, 0.717) is 19.7 Å². The topological polar surface area (TPSA) is 79.5 Å². The van der Waals surface area contributed by atoms with Crippen molar-refractivity contribution < 1.29 is 14.3 Å². The van der Waals surface area contributed by atoms with E-state index < -0.39 is 0 Å². The SMILES string of the molecule is COCCNC(=O)CNC(=O)C1CCCNC1. The molecule has 0 spiro atoms. The predicted molar refractivity (Wildman–Crippen MR) is 63.5 cm³/mol. The Morgan fingerprint density at radius 2 is 2.24 bits per heavy atom. The predicted octanol–water partition coefficient (Wildman–Crippen LogP) is -1.14. The largest absolute Gasteiger partial charge is 0.383 e. The Balaban J connectivity index is 2.11. The molecule has 6 heteroatoms. The molecule has 1 heterocycles. The van der Waals surface area contributed by atoms with Crippen LogP contribution in [-0.4, -0.2) is 51.7 Å². The Bertz CT molecular complexity index is 252. The lowest BCUT2D eigenvalue weighted by Crippen LogP contribution is -2.44. The number of hydrogen-bond acceptors (Lipinski definition) is 4. The van der Waals surface area contributed by atoms with E-state index in [1.807, 2.05) is 0 Å². The zero-order valence-corrected chi connectivity index (χ0v) is 10.3. The normalized spacial score (nSPS) is 19.7. The van der Waals surface area contributed by atoms with Gasteiger partial charge in [-0.2, -0.15) is 0 Å². The number of piperidine rings is 1. The van der Waals surface area contributed by atoms with Crippen molar-refractivity contribution in [3.05, 3.63) is 0 Å². The zero-order chi connectivity index (χ0) is 12.5. The summed E-state index contributed by atoms with van der Waals surface area (Å²) in [6, 6.07) is 0. The van der Waals surface area contributed by atoms with Crippen molar-refractivity contribution in [1.82, 2.24) is 16.0 Å². The molecule has 1 aliphatic heterocycles. The summed E-state index contributed by atoms with van der Waals surface area (Å²) in [4.78, 5) is 23.0. The van der Waals surface area contributed by atoms with Crippen LogP contribution in [0.3, 0.4) is 0 Å². The third-order valence-electron chi connectivity index (χ3n) is 2.72. The van der Waals surface area contributed by atoms with E-state index >= 15 is 0 Å². The van der Waals surface area contributed by atoms with Crippen LogP contribution in [0.1, 0.15) is 12.8 Å². The first-order chi connectivity index (χ1) is 8.24. The van der Waals surface area contributed by atoms with Crippen molar-refractivity contribution in [3.8, 4) is 0 Å². The maximum absolute atomic E-state index is 11.7. The first-order valence-corrected chi connectivity index (χ1v) is 5.98. The number of carbonyl (C=O) groups is 2. The van der Waals surface area contributed by atoms with Crippen LogP contribution in [0.25, 0.3) is 0 Å². The maximum Gasteiger partial charge on any atom is 0.239 e. The standard InChI is InChI=1S/C11H21N3O3/c1-17-6-5-13-10(15)8-14-11(16)9-3-2-4-12-7-9/h9,12H,2-8H2,1H3,(H,13,15)(H,14,16). The Labute approximate surface area is 101 Å². The number of carbonyl (C=O) groups excluding carboxylic acids is 2. The highest BCUT2D eigenvalue weighted by Gasteiger charge is 2.20. The average molecular weight is 243 g/mol. The number of rotatable bonds is 6. The van der Waals surface area contributed by atoms with Gasteiger partial charge in [-0.3, -0.25) is 9.59 Å². The van der Waals surface area contributed by atoms with Crippen LogP contribution < -0.4 is 16.0 Å². The monoisotopic (exact) mass is 243 g/mol. The molecule has 98 valence electrons. The van der Waals surface area contributed by atoms with Gasteiger partial charge in [0.05, 0.1) is 19.1 Å². The van der Waals surface area contributed by atoms with E-state index in [1.165, 1.54) is 0 Å². The molecule has 0 aromatic rings. The molecule has 0 saturated carbocycles. The molecule has 0 aromatic heterocycles. The molecule has 2 amide bonds. The fourth-order valence-corrected chi connectivity index (χ4v) is 1.74. The summed E-state index contributed by atoms with van der Waals surface area (Å²) >= 11 is 0. The van der Waals surface area contributed by atoms with E-state index in [2.05, 4.69) is 16.0 Å². The van der Waals surface area contributed by atoms with Crippen molar-refractivity contribution in [1.29, 1.82) is 0 Å². The minimum Gasteiger partial charge on any atom is -0.383 e. The number of nitrogens with one attached hydrogen (secondary N) is 3. The van der Waals surface area contributed by atoms with Crippen LogP contribution in [0, 0.1) is 5.92 Å². The van der Waals surface area contributed by atoms with E-state index in [-0.39, 0.29) is 24.3 Å². The first kappa shape index (κ1) is 13.9. The minimum absolute atomic E-state index is 0.00414. The fraction of sp³-hybridized carbons (Fsp3) is 0.818. The van der Waals surface area contributed by atoms with E-state index in [0.717, 1.165) is 19.4 Å². The van der Waals surface area contributed by atoms with Gasteiger partial charge in [-0.1, -0.05) is 0 Å². The van der Waals surface area contributed by atoms with Gasteiger partial charge in [-0.15, -0.1) is 0 Å². The van der Waals surface area contributed by atoms with Crippen molar-refractivity contribution in [2.45, 2.75) is 12.8 Å². The van der Waals surface area contributed by atoms with Gasteiger partial charge >= 0.3 is 0 Å². The molecule has 0 bridgehead atoms. The smallest absolute Gasteiger partial charge is 0.239 e. The average Bonchev–Trinajstić information content (AvgIpc) is 2.37. The third-order valence-corrected chi connectivity index (χ3v) is 2.72. The summed E-state index contributed by atoms with van der Waals surface area (Å²) in [7, 11) is 1.57. The molecule has 17 heavy (non-hydrogen) atoms. The quantitative estimate of drug-likeness (QED) is 0.516. The first-order valence-electron chi connectivity index (χ1n) is 5.98. The molecule has 1 saturated heterocycles. The van der Waals surface area contributed by atoms with Crippen LogP contribution in [0.5, 0.6) is 0 Å². The van der Waals surface area contributed by atoms with Crippen molar-refractivity contribution in [2.24, 2.45) is 5.92 Å². The van der Waals surface area contributed by atoms with Gasteiger partial charge in [0.2, 0.25) is 11.8 Å². The van der Waals surface area contributed by atoms with Crippen LogP contribution in [0.2, 0.25) is 0 Å². The van der Waals surface area contributed by atoms with Gasteiger partial charge < -0.3 is 20.7 Å². The molecular weight excluding hydrogens is 222 g/mol. The highest BCUT2D eigenvalue weighted by atomic mass is 16.5.